The Labute approximate surface area is 157 Å². The highest BCUT2D eigenvalue weighted by atomic mass is 19.1. The van der Waals surface area contributed by atoms with E-state index in [0.717, 1.165) is 28.2 Å². The van der Waals surface area contributed by atoms with Crippen LogP contribution in [0.3, 0.4) is 0 Å². The fourth-order valence-electron chi connectivity index (χ4n) is 3.11. The number of carbonyl (C=O) groups is 1. The number of benzene rings is 1. The molecule has 7 nitrogen and oxygen atoms in total. The first kappa shape index (κ1) is 18.8. The largest absolute Gasteiger partial charge is 0.362 e. The Morgan fingerprint density at radius 1 is 1.22 bits per heavy atom. The lowest BCUT2D eigenvalue weighted by molar-refractivity contribution is 0.0952. The molecule has 0 saturated carbocycles. The second-order valence-electron chi connectivity index (χ2n) is 6.66. The van der Waals surface area contributed by atoms with E-state index in [-0.39, 0.29) is 12.5 Å². The minimum absolute atomic E-state index is 0.0115. The third-order valence-corrected chi connectivity index (χ3v) is 4.40. The topological polar surface area (TPSA) is 75.9 Å². The van der Waals surface area contributed by atoms with Crippen LogP contribution in [0.15, 0.2) is 24.8 Å². The van der Waals surface area contributed by atoms with Crippen LogP contribution in [0.25, 0.3) is 11.0 Å². The molecule has 0 aliphatic heterocycles. The van der Waals surface area contributed by atoms with Crippen LogP contribution < -0.4 is 10.2 Å². The SMILES string of the molecule is Cc1cc(C(=O)NCCF)c2ncn(Cc3ncnc(N(C)C)c3C)c2c1. The van der Waals surface area contributed by atoms with Crippen molar-refractivity contribution in [3.8, 4) is 0 Å². The molecule has 0 spiro atoms. The highest BCUT2D eigenvalue weighted by Crippen LogP contribution is 2.23. The van der Waals surface area contributed by atoms with Crippen LogP contribution in [0.4, 0.5) is 10.2 Å². The van der Waals surface area contributed by atoms with Gasteiger partial charge in [0.15, 0.2) is 0 Å². The number of anilines is 1. The molecule has 142 valence electrons. The minimum atomic E-state index is -0.601. The molecule has 0 bridgehead atoms. The van der Waals surface area contributed by atoms with Crippen LogP contribution in [-0.4, -0.2) is 52.7 Å². The van der Waals surface area contributed by atoms with Gasteiger partial charge in [-0.05, 0) is 31.5 Å². The molecule has 1 aromatic carbocycles. The summed E-state index contributed by atoms with van der Waals surface area (Å²) >= 11 is 0. The van der Waals surface area contributed by atoms with E-state index in [0.29, 0.717) is 17.6 Å². The summed E-state index contributed by atoms with van der Waals surface area (Å²) in [6, 6.07) is 3.75. The molecule has 8 heteroatoms. The fourth-order valence-corrected chi connectivity index (χ4v) is 3.11. The lowest BCUT2D eigenvalue weighted by atomic mass is 10.1. The van der Waals surface area contributed by atoms with Crippen molar-refractivity contribution in [2.45, 2.75) is 20.4 Å². The maximum Gasteiger partial charge on any atom is 0.253 e. The van der Waals surface area contributed by atoms with Gasteiger partial charge in [-0.1, -0.05) is 0 Å². The summed E-state index contributed by atoms with van der Waals surface area (Å²) in [5, 5.41) is 2.57. The number of aryl methyl sites for hydroxylation is 1. The Morgan fingerprint density at radius 2 is 2.00 bits per heavy atom. The Morgan fingerprint density at radius 3 is 2.70 bits per heavy atom. The third-order valence-electron chi connectivity index (χ3n) is 4.40. The average molecular weight is 370 g/mol. The van der Waals surface area contributed by atoms with Crippen LogP contribution in [0.5, 0.6) is 0 Å². The van der Waals surface area contributed by atoms with Gasteiger partial charge in [0.1, 0.15) is 24.3 Å². The van der Waals surface area contributed by atoms with E-state index in [1.54, 1.807) is 18.7 Å². The zero-order valence-corrected chi connectivity index (χ0v) is 16.0. The maximum absolute atomic E-state index is 12.4. The number of nitrogens with one attached hydrogen (secondary N) is 1. The van der Waals surface area contributed by atoms with Crippen LogP contribution in [0, 0.1) is 13.8 Å². The van der Waals surface area contributed by atoms with Crippen LogP contribution in [0.2, 0.25) is 0 Å². The molecular weight excluding hydrogens is 347 g/mol. The van der Waals surface area contributed by atoms with E-state index in [1.165, 1.54) is 0 Å². The van der Waals surface area contributed by atoms with E-state index >= 15 is 0 Å². The van der Waals surface area contributed by atoms with Crippen LogP contribution in [0.1, 0.15) is 27.2 Å². The molecule has 0 aliphatic carbocycles. The number of carbonyl (C=O) groups excluding carboxylic acids is 1. The first-order valence-electron chi connectivity index (χ1n) is 8.69. The highest BCUT2D eigenvalue weighted by molar-refractivity contribution is 6.05. The summed E-state index contributed by atoms with van der Waals surface area (Å²) in [6.07, 6.45) is 3.25. The molecule has 0 unspecified atom stereocenters. The van der Waals surface area contributed by atoms with Gasteiger partial charge in [0, 0.05) is 26.2 Å². The number of amides is 1. The van der Waals surface area contributed by atoms with Gasteiger partial charge in [-0.25, -0.2) is 19.3 Å². The molecule has 0 radical (unpaired) electrons. The highest BCUT2D eigenvalue weighted by Gasteiger charge is 2.16. The van der Waals surface area contributed by atoms with E-state index in [9.17, 15) is 9.18 Å². The standard InChI is InChI=1S/C19H23FN6O/c1-12-7-14(19(27)21-6-5-20)17-16(8-12)26(11-24-17)9-15-13(2)18(25(3)4)23-10-22-15/h7-8,10-11H,5-6,9H2,1-4H3,(H,21,27). The zero-order valence-electron chi connectivity index (χ0n) is 16.0. The maximum atomic E-state index is 12.4. The van der Waals surface area contributed by atoms with Gasteiger partial charge >= 0.3 is 0 Å². The quantitative estimate of drug-likeness (QED) is 0.720. The smallest absolute Gasteiger partial charge is 0.253 e. The third kappa shape index (κ3) is 3.74. The lowest BCUT2D eigenvalue weighted by Crippen LogP contribution is -2.25. The molecule has 0 atom stereocenters. The van der Waals surface area contributed by atoms with Gasteiger partial charge in [-0.2, -0.15) is 0 Å². The molecule has 3 aromatic rings. The molecular formula is C19H23FN6O. The lowest BCUT2D eigenvalue weighted by Gasteiger charge is -2.16. The summed E-state index contributed by atoms with van der Waals surface area (Å²) in [6.45, 7) is 3.81. The predicted octanol–water partition coefficient (Wildman–Crippen LogP) is 2.26. The second kappa shape index (κ2) is 7.69. The Bertz CT molecular complexity index is 982. The summed E-state index contributed by atoms with van der Waals surface area (Å²) in [4.78, 5) is 27.5. The van der Waals surface area contributed by atoms with Crippen molar-refractivity contribution in [1.82, 2.24) is 24.8 Å². The molecule has 0 fully saturated rings. The van der Waals surface area contributed by atoms with E-state index < -0.39 is 6.67 Å². The van der Waals surface area contributed by atoms with E-state index in [2.05, 4.69) is 20.3 Å². The van der Waals surface area contributed by atoms with Crippen molar-refractivity contribution in [3.05, 3.63) is 47.2 Å². The summed E-state index contributed by atoms with van der Waals surface area (Å²) in [7, 11) is 3.88. The predicted molar refractivity (Wildman–Crippen MR) is 103 cm³/mol. The monoisotopic (exact) mass is 370 g/mol. The number of nitrogens with zero attached hydrogens (tertiary/aromatic N) is 5. The Hall–Kier alpha value is -3.03. The molecule has 0 saturated heterocycles. The minimum Gasteiger partial charge on any atom is -0.362 e. The van der Waals surface area contributed by atoms with Gasteiger partial charge in [0.25, 0.3) is 5.91 Å². The number of halogens is 1. The number of aromatic nitrogens is 4. The van der Waals surface area contributed by atoms with Crippen molar-refractivity contribution in [2.24, 2.45) is 0 Å². The molecule has 27 heavy (non-hydrogen) atoms. The zero-order chi connectivity index (χ0) is 19.6. The summed E-state index contributed by atoms with van der Waals surface area (Å²) in [5.74, 6) is 0.548. The summed E-state index contributed by atoms with van der Waals surface area (Å²) in [5.41, 5.74) is 4.70. The van der Waals surface area contributed by atoms with Crippen molar-refractivity contribution in [1.29, 1.82) is 0 Å². The van der Waals surface area contributed by atoms with Crippen molar-refractivity contribution in [2.75, 3.05) is 32.2 Å². The van der Waals surface area contributed by atoms with Gasteiger partial charge < -0.3 is 14.8 Å². The van der Waals surface area contributed by atoms with Gasteiger partial charge in [-0.3, -0.25) is 4.79 Å². The van der Waals surface area contributed by atoms with Crippen molar-refractivity contribution < 1.29 is 9.18 Å². The van der Waals surface area contributed by atoms with Crippen LogP contribution in [-0.2, 0) is 6.54 Å². The number of imidazole rings is 1. The second-order valence-corrected chi connectivity index (χ2v) is 6.66. The van der Waals surface area contributed by atoms with Crippen molar-refractivity contribution in [3.63, 3.8) is 0 Å². The number of fused-ring (bicyclic) bond motifs is 1. The Kier molecular flexibility index (Phi) is 5.34. The molecule has 3 rings (SSSR count). The fraction of sp³-hybridized carbons (Fsp3) is 0.368. The number of alkyl halides is 1. The Balaban J connectivity index is 2.01. The first-order chi connectivity index (χ1) is 12.9. The molecule has 1 N–H and O–H groups in total. The van der Waals surface area contributed by atoms with Crippen LogP contribution >= 0.6 is 0 Å². The summed E-state index contributed by atoms with van der Waals surface area (Å²) < 4.78 is 14.3. The average Bonchev–Trinajstić information content (AvgIpc) is 3.03. The molecule has 0 aliphatic rings. The van der Waals surface area contributed by atoms with Gasteiger partial charge in [-0.15, -0.1) is 0 Å². The number of rotatable bonds is 6. The van der Waals surface area contributed by atoms with Gasteiger partial charge in [0.2, 0.25) is 0 Å². The number of hydrogen-bond donors (Lipinski definition) is 1. The van der Waals surface area contributed by atoms with Gasteiger partial charge in [0.05, 0.1) is 29.6 Å². The molecule has 2 aromatic heterocycles. The van der Waals surface area contributed by atoms with E-state index in [1.807, 2.05) is 43.5 Å². The number of hydrogen-bond acceptors (Lipinski definition) is 5. The molecule has 2 heterocycles. The first-order valence-corrected chi connectivity index (χ1v) is 8.69. The molecule has 1 amide bonds. The normalized spacial score (nSPS) is 11.0. The van der Waals surface area contributed by atoms with Crippen molar-refractivity contribution >= 4 is 22.8 Å². The van der Waals surface area contributed by atoms with E-state index in [4.69, 9.17) is 0 Å².